The molecule has 1 aromatic rings. The SMILES string of the molecule is O=C(CC1CNC(=O)c2cc([N+](=O)[O-])cn21)NCC1CCC(C(=O)NC2CCC(O)CC2)CC1. The van der Waals surface area contributed by atoms with Crippen molar-refractivity contribution in [2.45, 2.75) is 76.0 Å². The minimum atomic E-state index is -0.550. The standard InChI is InChI=1S/C23H33N5O6/c29-19-7-5-16(6-8-19)26-22(31)15-3-1-14(2-4-15)11-24-21(30)10-17-12-25-23(32)20-9-18(28(33)34)13-27(17)20/h9,13-17,19,29H,1-8,10-12H2,(H,24,30)(H,25,32)(H,26,31). The van der Waals surface area contributed by atoms with Crippen LogP contribution in [0.5, 0.6) is 0 Å². The third-order valence-corrected chi connectivity index (χ3v) is 7.44. The van der Waals surface area contributed by atoms with Crippen LogP contribution in [0.3, 0.4) is 0 Å². The summed E-state index contributed by atoms with van der Waals surface area (Å²) in [5.41, 5.74) is 0.0242. The Morgan fingerprint density at radius 3 is 2.53 bits per heavy atom. The monoisotopic (exact) mass is 475 g/mol. The van der Waals surface area contributed by atoms with Gasteiger partial charge in [-0.05, 0) is 57.3 Å². The van der Waals surface area contributed by atoms with Crippen LogP contribution in [0.1, 0.15) is 74.3 Å². The predicted octanol–water partition coefficient (Wildman–Crippen LogP) is 1.41. The molecule has 1 aromatic heterocycles. The highest BCUT2D eigenvalue weighted by Crippen LogP contribution is 2.30. The van der Waals surface area contributed by atoms with E-state index in [9.17, 15) is 29.6 Å². The highest BCUT2D eigenvalue weighted by atomic mass is 16.6. The van der Waals surface area contributed by atoms with Gasteiger partial charge in [-0.3, -0.25) is 24.5 Å². The van der Waals surface area contributed by atoms with E-state index in [-0.39, 0.29) is 66.2 Å². The molecule has 186 valence electrons. The molecule has 0 spiro atoms. The third-order valence-electron chi connectivity index (χ3n) is 7.44. The Morgan fingerprint density at radius 1 is 1.15 bits per heavy atom. The average molecular weight is 476 g/mol. The first kappa shape index (κ1) is 24.2. The van der Waals surface area contributed by atoms with Crippen molar-refractivity contribution in [1.82, 2.24) is 20.5 Å². The number of nitro groups is 1. The number of nitrogens with zero attached hydrogens (tertiary/aromatic N) is 2. The van der Waals surface area contributed by atoms with Gasteiger partial charge < -0.3 is 25.6 Å². The number of aliphatic hydroxyl groups is 1. The van der Waals surface area contributed by atoms with Crippen molar-refractivity contribution in [3.63, 3.8) is 0 Å². The molecule has 2 aliphatic carbocycles. The van der Waals surface area contributed by atoms with Crippen LogP contribution < -0.4 is 16.0 Å². The molecule has 3 aliphatic rings. The molecule has 1 atom stereocenters. The van der Waals surface area contributed by atoms with Gasteiger partial charge in [0.2, 0.25) is 11.8 Å². The van der Waals surface area contributed by atoms with Crippen LogP contribution >= 0.6 is 0 Å². The number of carbonyl (C=O) groups excluding carboxylic acids is 3. The van der Waals surface area contributed by atoms with Crippen molar-refractivity contribution >= 4 is 23.4 Å². The second-order valence-electron chi connectivity index (χ2n) is 9.85. The van der Waals surface area contributed by atoms with Crippen LogP contribution in [0.15, 0.2) is 12.3 Å². The van der Waals surface area contributed by atoms with Gasteiger partial charge in [-0.25, -0.2) is 0 Å². The summed E-state index contributed by atoms with van der Waals surface area (Å²) in [6.45, 7) is 0.775. The normalized spacial score (nSPS) is 29.0. The van der Waals surface area contributed by atoms with Crippen molar-refractivity contribution in [1.29, 1.82) is 0 Å². The van der Waals surface area contributed by atoms with Gasteiger partial charge >= 0.3 is 0 Å². The molecule has 1 aliphatic heterocycles. The molecule has 4 rings (SSSR count). The smallest absolute Gasteiger partial charge is 0.287 e. The van der Waals surface area contributed by atoms with Gasteiger partial charge in [-0.2, -0.15) is 0 Å². The van der Waals surface area contributed by atoms with E-state index in [0.29, 0.717) is 12.5 Å². The number of fused-ring (bicyclic) bond motifs is 1. The van der Waals surface area contributed by atoms with Gasteiger partial charge in [-0.1, -0.05) is 0 Å². The fourth-order valence-electron chi connectivity index (χ4n) is 5.33. The van der Waals surface area contributed by atoms with Gasteiger partial charge in [0.25, 0.3) is 11.6 Å². The predicted molar refractivity (Wildman–Crippen MR) is 122 cm³/mol. The molecule has 1 unspecified atom stereocenters. The van der Waals surface area contributed by atoms with Gasteiger partial charge in [0, 0.05) is 37.5 Å². The molecule has 2 heterocycles. The summed E-state index contributed by atoms with van der Waals surface area (Å²) in [5.74, 6) is -0.117. The first-order chi connectivity index (χ1) is 16.3. The number of amides is 3. The van der Waals surface area contributed by atoms with Gasteiger partial charge in [0.15, 0.2) is 0 Å². The largest absolute Gasteiger partial charge is 0.393 e. The van der Waals surface area contributed by atoms with E-state index in [2.05, 4.69) is 16.0 Å². The lowest BCUT2D eigenvalue weighted by molar-refractivity contribution is -0.384. The molecule has 2 saturated carbocycles. The quantitative estimate of drug-likeness (QED) is 0.345. The van der Waals surface area contributed by atoms with Crippen molar-refractivity contribution in [2.75, 3.05) is 13.1 Å². The van der Waals surface area contributed by atoms with Crippen LogP contribution in [-0.2, 0) is 9.59 Å². The number of rotatable bonds is 7. The van der Waals surface area contributed by atoms with E-state index < -0.39 is 4.92 Å². The number of nitrogens with one attached hydrogen (secondary N) is 3. The zero-order valence-corrected chi connectivity index (χ0v) is 19.2. The topological polar surface area (TPSA) is 156 Å². The summed E-state index contributed by atoms with van der Waals surface area (Å²) in [6, 6.07) is 1.02. The van der Waals surface area contributed by atoms with Gasteiger partial charge in [0.05, 0.1) is 23.3 Å². The summed E-state index contributed by atoms with van der Waals surface area (Å²) in [7, 11) is 0. The summed E-state index contributed by atoms with van der Waals surface area (Å²) < 4.78 is 1.52. The number of aromatic nitrogens is 1. The highest BCUT2D eigenvalue weighted by Gasteiger charge is 2.31. The molecule has 0 bridgehead atoms. The van der Waals surface area contributed by atoms with Gasteiger partial charge in [-0.15, -0.1) is 0 Å². The lowest BCUT2D eigenvalue weighted by Crippen LogP contribution is -2.43. The lowest BCUT2D eigenvalue weighted by Gasteiger charge is -2.31. The Labute approximate surface area is 197 Å². The summed E-state index contributed by atoms with van der Waals surface area (Å²) in [6.07, 6.45) is 7.68. The van der Waals surface area contributed by atoms with Crippen LogP contribution in [-0.4, -0.2) is 57.6 Å². The minimum absolute atomic E-state index is 0.00704. The highest BCUT2D eigenvalue weighted by molar-refractivity contribution is 5.94. The Hall–Kier alpha value is -2.95. The molecule has 0 aromatic carbocycles. The number of hydrogen-bond donors (Lipinski definition) is 4. The molecular formula is C23H33N5O6. The van der Waals surface area contributed by atoms with Crippen LogP contribution in [0, 0.1) is 22.0 Å². The molecule has 3 amide bonds. The Bertz CT molecular complexity index is 930. The van der Waals surface area contributed by atoms with E-state index in [4.69, 9.17) is 0 Å². The van der Waals surface area contributed by atoms with Crippen molar-refractivity contribution in [3.05, 3.63) is 28.1 Å². The summed E-state index contributed by atoms with van der Waals surface area (Å²) in [5, 5.41) is 29.5. The first-order valence-electron chi connectivity index (χ1n) is 12.2. The van der Waals surface area contributed by atoms with Crippen molar-refractivity contribution in [2.24, 2.45) is 11.8 Å². The van der Waals surface area contributed by atoms with E-state index >= 15 is 0 Å². The van der Waals surface area contributed by atoms with Gasteiger partial charge in [0.1, 0.15) is 5.69 Å². The van der Waals surface area contributed by atoms with Crippen molar-refractivity contribution < 1.29 is 24.4 Å². The molecular weight excluding hydrogens is 442 g/mol. The maximum atomic E-state index is 12.6. The Balaban J connectivity index is 1.19. The first-order valence-corrected chi connectivity index (χ1v) is 12.2. The third kappa shape index (κ3) is 5.75. The Morgan fingerprint density at radius 2 is 1.85 bits per heavy atom. The molecule has 0 radical (unpaired) electrons. The number of carbonyl (C=O) groups is 3. The van der Waals surface area contributed by atoms with E-state index in [1.165, 1.54) is 16.8 Å². The van der Waals surface area contributed by atoms with Crippen molar-refractivity contribution in [3.8, 4) is 0 Å². The lowest BCUT2D eigenvalue weighted by atomic mass is 9.81. The maximum absolute atomic E-state index is 12.6. The molecule has 11 heteroatoms. The van der Waals surface area contributed by atoms with Crippen LogP contribution in [0.2, 0.25) is 0 Å². The molecule has 34 heavy (non-hydrogen) atoms. The second-order valence-corrected chi connectivity index (χ2v) is 9.85. The molecule has 11 nitrogen and oxygen atoms in total. The minimum Gasteiger partial charge on any atom is -0.393 e. The fourth-order valence-corrected chi connectivity index (χ4v) is 5.33. The number of hydrogen-bond acceptors (Lipinski definition) is 6. The zero-order chi connectivity index (χ0) is 24.2. The summed E-state index contributed by atoms with van der Waals surface area (Å²) >= 11 is 0. The van der Waals surface area contributed by atoms with E-state index in [0.717, 1.165) is 51.4 Å². The molecule has 0 saturated heterocycles. The maximum Gasteiger partial charge on any atom is 0.287 e. The number of aliphatic hydroxyl groups excluding tert-OH is 1. The average Bonchev–Trinajstić information content (AvgIpc) is 3.29. The van der Waals surface area contributed by atoms with Crippen LogP contribution in [0.4, 0.5) is 5.69 Å². The zero-order valence-electron chi connectivity index (χ0n) is 19.2. The van der Waals surface area contributed by atoms with E-state index in [1.54, 1.807) is 0 Å². The molecule has 4 N–H and O–H groups in total. The summed E-state index contributed by atoms with van der Waals surface area (Å²) in [4.78, 5) is 47.6. The fraction of sp³-hybridized carbons (Fsp3) is 0.696. The van der Waals surface area contributed by atoms with E-state index in [1.807, 2.05) is 0 Å². The second kappa shape index (κ2) is 10.5. The van der Waals surface area contributed by atoms with Crippen LogP contribution in [0.25, 0.3) is 0 Å². The molecule has 2 fully saturated rings. The Kier molecular flexibility index (Phi) is 7.50.